The minimum Gasteiger partial charge on any atom is -0.396 e. The lowest BCUT2D eigenvalue weighted by molar-refractivity contribution is -0.142. The van der Waals surface area contributed by atoms with Crippen LogP contribution in [0.1, 0.15) is 17.1 Å². The van der Waals surface area contributed by atoms with Gasteiger partial charge in [0.2, 0.25) is 11.7 Å². The Morgan fingerprint density at radius 1 is 1.35 bits per heavy atom. The molecule has 0 saturated heterocycles. The van der Waals surface area contributed by atoms with E-state index in [9.17, 15) is 13.2 Å². The molecule has 0 amide bonds. The van der Waals surface area contributed by atoms with Crippen molar-refractivity contribution in [1.82, 2.24) is 19.9 Å². The number of aromatic nitrogens is 4. The second kappa shape index (κ2) is 6.13. The second-order valence-corrected chi connectivity index (χ2v) is 5.48. The highest BCUT2D eigenvalue weighted by molar-refractivity contribution is 7.08. The lowest BCUT2D eigenvalue weighted by Gasteiger charge is -2.04. The van der Waals surface area contributed by atoms with Crippen molar-refractivity contribution >= 4 is 11.3 Å². The van der Waals surface area contributed by atoms with Gasteiger partial charge >= 0.3 is 6.18 Å². The van der Waals surface area contributed by atoms with E-state index in [2.05, 4.69) is 15.2 Å². The SMILES string of the molecule is OCCc1cn(Cc2nc(-c3ccsc3)no2)nc1C(F)(F)F. The highest BCUT2D eigenvalue weighted by atomic mass is 32.1. The van der Waals surface area contributed by atoms with Gasteiger partial charge in [-0.3, -0.25) is 4.68 Å². The maximum absolute atomic E-state index is 12.9. The van der Waals surface area contributed by atoms with Crippen LogP contribution in [0.4, 0.5) is 13.2 Å². The predicted molar refractivity (Wildman–Crippen MR) is 74.7 cm³/mol. The highest BCUT2D eigenvalue weighted by Gasteiger charge is 2.37. The number of hydrogen-bond donors (Lipinski definition) is 1. The van der Waals surface area contributed by atoms with Gasteiger partial charge in [-0.1, -0.05) is 5.16 Å². The first-order chi connectivity index (χ1) is 11.0. The van der Waals surface area contributed by atoms with E-state index < -0.39 is 18.5 Å². The molecule has 3 heterocycles. The normalized spacial score (nSPS) is 12.0. The number of thiophene rings is 1. The third-order valence-electron chi connectivity index (χ3n) is 3.03. The summed E-state index contributed by atoms with van der Waals surface area (Å²) in [7, 11) is 0. The van der Waals surface area contributed by atoms with Crippen LogP contribution in [0.15, 0.2) is 27.5 Å². The van der Waals surface area contributed by atoms with E-state index in [-0.39, 0.29) is 24.4 Å². The number of alkyl halides is 3. The summed E-state index contributed by atoms with van der Waals surface area (Å²) in [5, 5.41) is 19.9. The average Bonchev–Trinajstić information content (AvgIpc) is 3.18. The lowest BCUT2D eigenvalue weighted by atomic mass is 10.2. The van der Waals surface area contributed by atoms with Crippen LogP contribution in [0.5, 0.6) is 0 Å². The van der Waals surface area contributed by atoms with Gasteiger partial charge in [0, 0.05) is 29.3 Å². The summed E-state index contributed by atoms with van der Waals surface area (Å²) >= 11 is 1.47. The van der Waals surface area contributed by atoms with E-state index >= 15 is 0 Å². The molecule has 0 fully saturated rings. The summed E-state index contributed by atoms with van der Waals surface area (Å²) in [5.41, 5.74) is -0.302. The van der Waals surface area contributed by atoms with Crippen molar-refractivity contribution in [3.63, 3.8) is 0 Å². The van der Waals surface area contributed by atoms with Gasteiger partial charge in [-0.2, -0.15) is 34.6 Å². The Morgan fingerprint density at radius 2 is 2.17 bits per heavy atom. The number of hydrogen-bond acceptors (Lipinski definition) is 6. The third-order valence-corrected chi connectivity index (χ3v) is 3.72. The fraction of sp³-hybridized carbons (Fsp3) is 0.308. The zero-order valence-electron chi connectivity index (χ0n) is 11.6. The maximum atomic E-state index is 12.9. The molecule has 0 bridgehead atoms. The molecule has 10 heteroatoms. The Balaban J connectivity index is 1.83. The van der Waals surface area contributed by atoms with E-state index in [1.54, 1.807) is 0 Å². The topological polar surface area (TPSA) is 77.0 Å². The standard InChI is InChI=1S/C13H11F3N4O2S/c14-13(15,16)11-8(1-3-21)5-20(18-11)6-10-17-12(19-22-10)9-2-4-23-7-9/h2,4-5,7,21H,1,3,6H2. The summed E-state index contributed by atoms with van der Waals surface area (Å²) < 4.78 is 44.8. The molecule has 0 aliphatic carbocycles. The Labute approximate surface area is 132 Å². The van der Waals surface area contributed by atoms with Crippen molar-refractivity contribution in [2.75, 3.05) is 6.61 Å². The largest absolute Gasteiger partial charge is 0.435 e. The number of aliphatic hydroxyl groups excluding tert-OH is 1. The van der Waals surface area contributed by atoms with Crippen molar-refractivity contribution in [2.45, 2.75) is 19.1 Å². The average molecular weight is 344 g/mol. The number of rotatable bonds is 5. The smallest absolute Gasteiger partial charge is 0.396 e. The molecule has 0 aliphatic rings. The fourth-order valence-corrected chi connectivity index (χ4v) is 2.69. The van der Waals surface area contributed by atoms with Crippen LogP contribution >= 0.6 is 11.3 Å². The minimum atomic E-state index is -4.58. The third kappa shape index (κ3) is 3.42. The first-order valence-corrected chi connectivity index (χ1v) is 7.51. The minimum absolute atomic E-state index is 0.0717. The number of aliphatic hydroxyl groups is 1. The van der Waals surface area contributed by atoms with Crippen LogP contribution in [0.3, 0.4) is 0 Å². The molecule has 0 radical (unpaired) electrons. The van der Waals surface area contributed by atoms with Crippen LogP contribution < -0.4 is 0 Å². The zero-order chi connectivity index (χ0) is 16.4. The van der Waals surface area contributed by atoms with E-state index in [1.165, 1.54) is 17.5 Å². The molecule has 0 spiro atoms. The molecule has 23 heavy (non-hydrogen) atoms. The van der Waals surface area contributed by atoms with Gasteiger partial charge in [-0.05, 0) is 17.9 Å². The van der Waals surface area contributed by atoms with Gasteiger partial charge < -0.3 is 9.63 Å². The first-order valence-electron chi connectivity index (χ1n) is 6.57. The van der Waals surface area contributed by atoms with Gasteiger partial charge in [-0.15, -0.1) is 0 Å². The molecular weight excluding hydrogens is 333 g/mol. The van der Waals surface area contributed by atoms with E-state index in [0.29, 0.717) is 5.82 Å². The summed E-state index contributed by atoms with van der Waals surface area (Å²) in [6.07, 6.45) is -3.47. The molecular formula is C13H11F3N4O2S. The fourth-order valence-electron chi connectivity index (χ4n) is 2.05. The van der Waals surface area contributed by atoms with Gasteiger partial charge in [0.05, 0.1) is 0 Å². The van der Waals surface area contributed by atoms with Crippen LogP contribution in [0.25, 0.3) is 11.4 Å². The Bertz CT molecular complexity index is 780. The molecule has 3 aromatic heterocycles. The zero-order valence-corrected chi connectivity index (χ0v) is 12.4. The van der Waals surface area contributed by atoms with Gasteiger partial charge in [0.1, 0.15) is 6.54 Å². The summed E-state index contributed by atoms with van der Waals surface area (Å²) in [4.78, 5) is 4.13. The van der Waals surface area contributed by atoms with Crippen molar-refractivity contribution in [1.29, 1.82) is 0 Å². The van der Waals surface area contributed by atoms with Crippen LogP contribution in [-0.4, -0.2) is 31.6 Å². The maximum Gasteiger partial charge on any atom is 0.435 e. The molecule has 3 aromatic rings. The number of halogens is 3. The summed E-state index contributed by atoms with van der Waals surface area (Å²) in [6.45, 7) is -0.469. The lowest BCUT2D eigenvalue weighted by Crippen LogP contribution is -2.11. The summed E-state index contributed by atoms with van der Waals surface area (Å²) in [5.74, 6) is 0.526. The molecule has 122 valence electrons. The van der Waals surface area contributed by atoms with Gasteiger partial charge in [-0.25, -0.2) is 0 Å². The van der Waals surface area contributed by atoms with E-state index in [4.69, 9.17) is 9.63 Å². The Morgan fingerprint density at radius 3 is 2.83 bits per heavy atom. The highest BCUT2D eigenvalue weighted by Crippen LogP contribution is 2.31. The summed E-state index contributed by atoms with van der Waals surface area (Å²) in [6, 6.07) is 1.81. The monoisotopic (exact) mass is 344 g/mol. The van der Waals surface area contributed by atoms with E-state index in [1.807, 2.05) is 16.8 Å². The van der Waals surface area contributed by atoms with Crippen molar-refractivity contribution < 1.29 is 22.8 Å². The van der Waals surface area contributed by atoms with Crippen LogP contribution in [0, 0.1) is 0 Å². The van der Waals surface area contributed by atoms with Gasteiger partial charge in [0.15, 0.2) is 5.69 Å². The van der Waals surface area contributed by atoms with Crippen molar-refractivity contribution in [3.05, 3.63) is 40.2 Å². The molecule has 0 unspecified atom stereocenters. The second-order valence-electron chi connectivity index (χ2n) is 4.70. The van der Waals surface area contributed by atoms with Gasteiger partial charge in [0.25, 0.3) is 0 Å². The predicted octanol–water partition coefficient (Wildman–Crippen LogP) is 2.60. The molecule has 0 aromatic carbocycles. The molecule has 3 rings (SSSR count). The first kappa shape index (κ1) is 15.7. The Kier molecular flexibility index (Phi) is 4.18. The quantitative estimate of drug-likeness (QED) is 0.770. The molecule has 0 aliphatic heterocycles. The van der Waals surface area contributed by atoms with Crippen molar-refractivity contribution in [3.8, 4) is 11.4 Å². The number of nitrogens with zero attached hydrogens (tertiary/aromatic N) is 4. The molecule has 0 saturated carbocycles. The molecule has 6 nitrogen and oxygen atoms in total. The molecule has 0 atom stereocenters. The van der Waals surface area contributed by atoms with Crippen molar-refractivity contribution in [2.24, 2.45) is 0 Å². The Hall–Kier alpha value is -2.20. The van der Waals surface area contributed by atoms with Crippen LogP contribution in [0.2, 0.25) is 0 Å². The van der Waals surface area contributed by atoms with E-state index in [0.717, 1.165) is 10.2 Å². The molecule has 1 N–H and O–H groups in total. The van der Waals surface area contributed by atoms with Crippen LogP contribution in [-0.2, 0) is 19.1 Å².